The van der Waals surface area contributed by atoms with Gasteiger partial charge >= 0.3 is 0 Å². The highest BCUT2D eigenvalue weighted by Gasteiger charge is 2.19. The zero-order valence-electron chi connectivity index (χ0n) is 13.2. The number of hydrogen-bond donors (Lipinski definition) is 2. The number of nitrogens with one attached hydrogen (secondary N) is 2. The molecule has 1 aromatic heterocycles. The molecule has 8 heteroatoms. The lowest BCUT2D eigenvalue weighted by Crippen LogP contribution is -2.42. The van der Waals surface area contributed by atoms with Crippen LogP contribution in [0.25, 0.3) is 10.9 Å². The van der Waals surface area contributed by atoms with Crippen LogP contribution in [0, 0.1) is 6.92 Å². The number of amides is 1. The van der Waals surface area contributed by atoms with Gasteiger partial charge in [0.25, 0.3) is 15.9 Å². The van der Waals surface area contributed by atoms with E-state index in [4.69, 9.17) is 11.6 Å². The number of hydrazine groups is 1. The quantitative estimate of drug-likeness (QED) is 0.686. The third kappa shape index (κ3) is 3.79. The lowest BCUT2D eigenvalue weighted by Gasteiger charge is -2.10. The highest BCUT2D eigenvalue weighted by atomic mass is 35.5. The first-order chi connectivity index (χ1) is 11.9. The van der Waals surface area contributed by atoms with Crippen LogP contribution in [0.4, 0.5) is 0 Å². The molecule has 0 bridgehead atoms. The maximum atomic E-state index is 12.3. The van der Waals surface area contributed by atoms with Crippen molar-refractivity contribution in [1.82, 2.24) is 15.2 Å². The SMILES string of the molecule is Cc1ccc(Cl)cc1S(=O)(=O)NNC(=O)c1ccc2ccccc2n1. The Morgan fingerprint density at radius 3 is 2.64 bits per heavy atom. The van der Waals surface area contributed by atoms with Gasteiger partial charge in [0, 0.05) is 10.4 Å². The molecule has 0 fully saturated rings. The van der Waals surface area contributed by atoms with E-state index < -0.39 is 15.9 Å². The molecular formula is C17H14ClN3O3S. The summed E-state index contributed by atoms with van der Waals surface area (Å²) in [5, 5.41) is 1.17. The molecule has 0 atom stereocenters. The lowest BCUT2D eigenvalue weighted by molar-refractivity contribution is 0.0940. The summed E-state index contributed by atoms with van der Waals surface area (Å²) < 4.78 is 24.7. The molecule has 2 aromatic carbocycles. The summed E-state index contributed by atoms with van der Waals surface area (Å²) in [6, 6.07) is 15.1. The van der Waals surface area contributed by atoms with Crippen LogP contribution in [0.2, 0.25) is 5.02 Å². The van der Waals surface area contributed by atoms with Crippen LogP contribution in [-0.2, 0) is 10.0 Å². The molecule has 0 saturated carbocycles. The second kappa shape index (κ2) is 6.79. The van der Waals surface area contributed by atoms with Gasteiger partial charge in [0.1, 0.15) is 5.69 Å². The Labute approximate surface area is 149 Å². The Morgan fingerprint density at radius 2 is 1.84 bits per heavy atom. The number of pyridine rings is 1. The van der Waals surface area contributed by atoms with Gasteiger partial charge in [0.2, 0.25) is 0 Å². The van der Waals surface area contributed by atoms with Crippen LogP contribution in [0.1, 0.15) is 16.1 Å². The van der Waals surface area contributed by atoms with Gasteiger partial charge in [-0.25, -0.2) is 13.4 Å². The van der Waals surface area contributed by atoms with Crippen molar-refractivity contribution in [3.05, 3.63) is 70.9 Å². The van der Waals surface area contributed by atoms with E-state index in [1.54, 1.807) is 31.2 Å². The van der Waals surface area contributed by atoms with Gasteiger partial charge in [-0.1, -0.05) is 41.9 Å². The van der Waals surface area contributed by atoms with E-state index in [-0.39, 0.29) is 15.6 Å². The predicted molar refractivity (Wildman–Crippen MR) is 95.7 cm³/mol. The third-order valence-corrected chi connectivity index (χ3v) is 5.19. The van der Waals surface area contributed by atoms with Crippen molar-refractivity contribution in [3.8, 4) is 0 Å². The Hall–Kier alpha value is -2.48. The number of halogens is 1. The molecule has 1 heterocycles. The summed E-state index contributed by atoms with van der Waals surface area (Å²) in [4.78, 5) is 18.5. The van der Waals surface area contributed by atoms with Crippen LogP contribution < -0.4 is 10.3 Å². The number of rotatable bonds is 4. The zero-order chi connectivity index (χ0) is 18.0. The maximum Gasteiger partial charge on any atom is 0.284 e. The van der Waals surface area contributed by atoms with Gasteiger partial charge in [0.05, 0.1) is 10.4 Å². The molecule has 0 unspecified atom stereocenters. The van der Waals surface area contributed by atoms with Crippen LogP contribution in [0.5, 0.6) is 0 Å². The van der Waals surface area contributed by atoms with Crippen molar-refractivity contribution in [2.45, 2.75) is 11.8 Å². The summed E-state index contributed by atoms with van der Waals surface area (Å²) in [6.45, 7) is 1.64. The Balaban J connectivity index is 1.79. The number of aromatic nitrogens is 1. The molecule has 0 aliphatic heterocycles. The van der Waals surface area contributed by atoms with E-state index >= 15 is 0 Å². The predicted octanol–water partition coefficient (Wildman–Crippen LogP) is 2.82. The number of nitrogens with zero attached hydrogens (tertiary/aromatic N) is 1. The highest BCUT2D eigenvalue weighted by Crippen LogP contribution is 2.19. The number of para-hydroxylation sites is 1. The van der Waals surface area contributed by atoms with E-state index in [1.807, 2.05) is 18.2 Å². The first-order valence-electron chi connectivity index (χ1n) is 7.31. The molecule has 2 N–H and O–H groups in total. The largest absolute Gasteiger partial charge is 0.284 e. The number of benzene rings is 2. The fraction of sp³-hybridized carbons (Fsp3) is 0.0588. The lowest BCUT2D eigenvalue weighted by atomic mass is 10.2. The highest BCUT2D eigenvalue weighted by molar-refractivity contribution is 7.89. The van der Waals surface area contributed by atoms with E-state index in [1.165, 1.54) is 12.1 Å². The normalized spacial score (nSPS) is 11.4. The third-order valence-electron chi connectivity index (χ3n) is 3.57. The molecule has 0 aliphatic carbocycles. The molecule has 0 spiro atoms. The molecule has 3 rings (SSSR count). The minimum absolute atomic E-state index is 0.00762. The molecule has 25 heavy (non-hydrogen) atoms. The second-order valence-electron chi connectivity index (χ2n) is 5.36. The Morgan fingerprint density at radius 1 is 1.08 bits per heavy atom. The molecule has 0 saturated heterocycles. The number of carbonyl (C=O) groups excluding carboxylic acids is 1. The monoisotopic (exact) mass is 375 g/mol. The Bertz CT molecular complexity index is 1070. The Kier molecular flexibility index (Phi) is 4.71. The first kappa shape index (κ1) is 17.3. The van der Waals surface area contributed by atoms with Crippen LogP contribution in [0.3, 0.4) is 0 Å². The maximum absolute atomic E-state index is 12.3. The zero-order valence-corrected chi connectivity index (χ0v) is 14.7. The summed E-state index contributed by atoms with van der Waals surface area (Å²) in [5.74, 6) is -0.658. The summed E-state index contributed by atoms with van der Waals surface area (Å²) in [5.41, 5.74) is 3.42. The number of aryl methyl sites for hydroxylation is 1. The van der Waals surface area contributed by atoms with Crippen LogP contribution in [0.15, 0.2) is 59.5 Å². The average Bonchev–Trinajstić information content (AvgIpc) is 2.61. The van der Waals surface area contributed by atoms with E-state index in [2.05, 4.69) is 15.2 Å². The van der Waals surface area contributed by atoms with E-state index in [0.717, 1.165) is 5.39 Å². The molecule has 128 valence electrons. The average molecular weight is 376 g/mol. The molecule has 3 aromatic rings. The standard InChI is InChI=1S/C17H14ClN3O3S/c1-11-6-8-13(18)10-16(11)25(23,24)21-20-17(22)15-9-7-12-4-2-3-5-14(12)19-15/h2-10,21H,1H3,(H,20,22). The number of carbonyl (C=O) groups is 1. The van der Waals surface area contributed by atoms with Gasteiger partial charge in [-0.2, -0.15) is 0 Å². The molecular weight excluding hydrogens is 362 g/mol. The van der Waals surface area contributed by atoms with Gasteiger partial charge in [-0.05, 0) is 36.8 Å². The minimum atomic E-state index is -3.95. The fourth-order valence-corrected chi connectivity index (χ4v) is 3.64. The number of fused-ring (bicyclic) bond motifs is 1. The van der Waals surface area contributed by atoms with Gasteiger partial charge in [-0.15, -0.1) is 4.83 Å². The molecule has 0 radical (unpaired) electrons. The molecule has 1 amide bonds. The number of sulfonamides is 1. The van der Waals surface area contributed by atoms with Crippen molar-refractivity contribution in [2.24, 2.45) is 0 Å². The van der Waals surface area contributed by atoms with Crippen LogP contribution >= 0.6 is 11.6 Å². The summed E-state index contributed by atoms with van der Waals surface area (Å²) >= 11 is 5.85. The van der Waals surface area contributed by atoms with Gasteiger partial charge < -0.3 is 0 Å². The van der Waals surface area contributed by atoms with Crippen molar-refractivity contribution < 1.29 is 13.2 Å². The van der Waals surface area contributed by atoms with Crippen LogP contribution in [-0.4, -0.2) is 19.3 Å². The number of hydrogen-bond acceptors (Lipinski definition) is 4. The van der Waals surface area contributed by atoms with Crippen molar-refractivity contribution >= 4 is 38.4 Å². The summed E-state index contributed by atoms with van der Waals surface area (Å²) in [7, 11) is -3.95. The summed E-state index contributed by atoms with van der Waals surface area (Å²) in [6.07, 6.45) is 0. The second-order valence-corrected chi connectivity index (χ2v) is 7.45. The smallest absolute Gasteiger partial charge is 0.272 e. The van der Waals surface area contributed by atoms with Gasteiger partial charge in [-0.3, -0.25) is 10.2 Å². The fourth-order valence-electron chi connectivity index (χ4n) is 2.29. The van der Waals surface area contributed by atoms with Crippen molar-refractivity contribution in [2.75, 3.05) is 0 Å². The van der Waals surface area contributed by atoms with Crippen molar-refractivity contribution in [3.63, 3.8) is 0 Å². The minimum Gasteiger partial charge on any atom is -0.272 e. The molecule has 0 aliphatic rings. The van der Waals surface area contributed by atoms with Crippen molar-refractivity contribution in [1.29, 1.82) is 0 Å². The van der Waals surface area contributed by atoms with Gasteiger partial charge in [0.15, 0.2) is 0 Å². The topological polar surface area (TPSA) is 88.2 Å². The van der Waals surface area contributed by atoms with E-state index in [9.17, 15) is 13.2 Å². The first-order valence-corrected chi connectivity index (χ1v) is 9.17. The van der Waals surface area contributed by atoms with E-state index in [0.29, 0.717) is 11.1 Å². The molecule has 6 nitrogen and oxygen atoms in total.